The van der Waals surface area contributed by atoms with Gasteiger partial charge < -0.3 is 0 Å². The monoisotopic (exact) mass is 329 g/mol. The maximum atomic E-state index is 4.17. The van der Waals surface area contributed by atoms with Gasteiger partial charge in [-0.05, 0) is 0 Å². The van der Waals surface area contributed by atoms with Crippen LogP contribution in [0, 0.1) is 11.8 Å². The Balaban J connectivity index is 1.56. The van der Waals surface area contributed by atoms with Crippen LogP contribution in [-0.2, 0) is 0 Å². The zero-order chi connectivity index (χ0) is 11.2. The first-order valence-electron chi connectivity index (χ1n) is 6.50. The Morgan fingerprint density at radius 1 is 1.12 bits per heavy atom. The summed E-state index contributed by atoms with van der Waals surface area (Å²) < 4.78 is 3.91. The minimum atomic E-state index is 0.129. The van der Waals surface area contributed by atoms with E-state index in [0.717, 1.165) is 11.8 Å². The van der Waals surface area contributed by atoms with Gasteiger partial charge >= 0.3 is 110 Å². The normalized spacial score (nSPS) is 22.8. The SMILES string of the molecule is C=C([I-]/C=C/C=C\CC1CCCC1)C1CC1. The molecule has 0 bridgehead atoms. The van der Waals surface area contributed by atoms with Gasteiger partial charge in [-0.2, -0.15) is 0 Å². The van der Waals surface area contributed by atoms with Crippen molar-refractivity contribution in [2.45, 2.75) is 44.9 Å². The molecule has 16 heavy (non-hydrogen) atoms. The molecule has 0 aromatic rings. The fraction of sp³-hybridized carbons (Fsp3) is 0.600. The van der Waals surface area contributed by atoms with Gasteiger partial charge in [-0.1, -0.05) is 0 Å². The van der Waals surface area contributed by atoms with E-state index in [-0.39, 0.29) is 21.2 Å². The van der Waals surface area contributed by atoms with Gasteiger partial charge in [0.2, 0.25) is 0 Å². The van der Waals surface area contributed by atoms with Crippen molar-refractivity contribution in [2.24, 2.45) is 11.8 Å². The molecule has 0 nitrogen and oxygen atoms in total. The molecule has 0 spiro atoms. The van der Waals surface area contributed by atoms with E-state index in [2.05, 4.69) is 28.9 Å². The first-order valence-corrected chi connectivity index (χ1v) is 8.82. The topological polar surface area (TPSA) is 0 Å². The molecular formula is C15H22I-. The summed E-state index contributed by atoms with van der Waals surface area (Å²) in [6.45, 7) is 4.17. The van der Waals surface area contributed by atoms with Crippen LogP contribution in [0.25, 0.3) is 0 Å². The molecule has 2 rings (SSSR count). The van der Waals surface area contributed by atoms with Gasteiger partial charge in [0.05, 0.1) is 0 Å². The van der Waals surface area contributed by atoms with Crippen LogP contribution in [-0.4, -0.2) is 0 Å². The maximum absolute atomic E-state index is 4.17. The molecule has 0 aromatic heterocycles. The zero-order valence-electron chi connectivity index (χ0n) is 10.00. The van der Waals surface area contributed by atoms with Crippen LogP contribution in [0.5, 0.6) is 0 Å². The summed E-state index contributed by atoms with van der Waals surface area (Å²) in [5.41, 5.74) is 0. The molecule has 0 heterocycles. The molecule has 90 valence electrons. The van der Waals surface area contributed by atoms with Crippen LogP contribution in [0.4, 0.5) is 0 Å². The summed E-state index contributed by atoms with van der Waals surface area (Å²) in [5.74, 6) is 1.89. The van der Waals surface area contributed by atoms with Crippen molar-refractivity contribution in [1.82, 2.24) is 0 Å². The van der Waals surface area contributed by atoms with Crippen molar-refractivity contribution in [1.29, 1.82) is 0 Å². The fourth-order valence-corrected chi connectivity index (χ4v) is 4.28. The Bertz CT molecular complexity index is 278. The Hall–Kier alpha value is -0.0500. The second-order valence-electron chi connectivity index (χ2n) is 4.96. The van der Waals surface area contributed by atoms with Crippen molar-refractivity contribution in [3.8, 4) is 0 Å². The van der Waals surface area contributed by atoms with Crippen molar-refractivity contribution in [3.63, 3.8) is 0 Å². The van der Waals surface area contributed by atoms with Gasteiger partial charge in [0, 0.05) is 0 Å². The predicted octanol–water partition coefficient (Wildman–Crippen LogP) is 1.65. The Labute approximate surface area is 110 Å². The van der Waals surface area contributed by atoms with Gasteiger partial charge in [-0.25, -0.2) is 0 Å². The molecule has 2 aliphatic rings. The Kier molecular flexibility index (Phi) is 5.14. The summed E-state index contributed by atoms with van der Waals surface area (Å²) in [5, 5.41) is 0. The first-order chi connectivity index (χ1) is 7.86. The van der Waals surface area contributed by atoms with E-state index in [0.29, 0.717) is 0 Å². The Morgan fingerprint density at radius 2 is 1.88 bits per heavy atom. The van der Waals surface area contributed by atoms with Gasteiger partial charge in [0.25, 0.3) is 0 Å². The van der Waals surface area contributed by atoms with E-state index < -0.39 is 0 Å². The average molecular weight is 329 g/mol. The third-order valence-electron chi connectivity index (χ3n) is 3.49. The summed E-state index contributed by atoms with van der Waals surface area (Å²) in [6.07, 6.45) is 16.8. The zero-order valence-corrected chi connectivity index (χ0v) is 12.2. The van der Waals surface area contributed by atoms with Crippen molar-refractivity contribution in [2.75, 3.05) is 0 Å². The molecule has 0 amide bonds. The summed E-state index contributed by atoms with van der Waals surface area (Å²) in [7, 11) is 0. The van der Waals surface area contributed by atoms with Crippen molar-refractivity contribution >= 4 is 0 Å². The number of rotatable bonds is 6. The standard InChI is InChI=1S/C15H22I/c1-13(15-10-11-15)16-12-6-2-3-7-14-8-4-5-9-14/h2-3,6,12,14-15H,1,4-5,7-11H2/q-1/b3-2-,12-6+. The number of allylic oxidation sites excluding steroid dienone is 4. The molecule has 0 saturated heterocycles. The van der Waals surface area contributed by atoms with Crippen LogP contribution in [0.1, 0.15) is 44.9 Å². The van der Waals surface area contributed by atoms with E-state index in [1.165, 1.54) is 44.9 Å². The quantitative estimate of drug-likeness (QED) is 0.514. The van der Waals surface area contributed by atoms with Gasteiger partial charge in [-0.3, -0.25) is 0 Å². The number of hydrogen-bond acceptors (Lipinski definition) is 0. The molecule has 2 aliphatic carbocycles. The third kappa shape index (κ3) is 4.44. The molecule has 2 saturated carbocycles. The van der Waals surface area contributed by atoms with Crippen LogP contribution >= 0.6 is 0 Å². The molecule has 0 atom stereocenters. The second-order valence-corrected chi connectivity index (χ2v) is 7.69. The van der Waals surface area contributed by atoms with Gasteiger partial charge in [-0.15, -0.1) is 0 Å². The first kappa shape index (κ1) is 12.4. The van der Waals surface area contributed by atoms with E-state index >= 15 is 0 Å². The third-order valence-corrected chi connectivity index (χ3v) is 5.94. The summed E-state index contributed by atoms with van der Waals surface area (Å²) in [4.78, 5) is 0. The van der Waals surface area contributed by atoms with Gasteiger partial charge in [0.1, 0.15) is 0 Å². The van der Waals surface area contributed by atoms with Crippen molar-refractivity contribution < 1.29 is 21.2 Å². The van der Waals surface area contributed by atoms with Crippen molar-refractivity contribution in [3.05, 3.63) is 32.5 Å². The van der Waals surface area contributed by atoms with Crippen LogP contribution < -0.4 is 21.2 Å². The molecule has 0 unspecified atom stereocenters. The molecule has 0 aliphatic heterocycles. The molecule has 1 heteroatoms. The van der Waals surface area contributed by atoms with E-state index in [4.69, 9.17) is 0 Å². The van der Waals surface area contributed by atoms with Crippen LogP contribution in [0.3, 0.4) is 0 Å². The van der Waals surface area contributed by atoms with E-state index in [1.54, 1.807) is 3.58 Å². The molecule has 0 N–H and O–H groups in total. The average Bonchev–Trinajstić information content (AvgIpc) is 3.02. The molecule has 0 aromatic carbocycles. The second kappa shape index (κ2) is 6.63. The van der Waals surface area contributed by atoms with E-state index in [1.807, 2.05) is 0 Å². The summed E-state index contributed by atoms with van der Waals surface area (Å²) in [6, 6.07) is 0. The van der Waals surface area contributed by atoms with Crippen LogP contribution in [0.15, 0.2) is 32.5 Å². The van der Waals surface area contributed by atoms with Crippen LogP contribution in [0.2, 0.25) is 0 Å². The van der Waals surface area contributed by atoms with E-state index in [9.17, 15) is 0 Å². The molecular weight excluding hydrogens is 307 g/mol. The van der Waals surface area contributed by atoms with Gasteiger partial charge in [0.15, 0.2) is 0 Å². The summed E-state index contributed by atoms with van der Waals surface area (Å²) >= 11 is 0.129. The Morgan fingerprint density at radius 3 is 2.56 bits per heavy atom. The molecule has 0 radical (unpaired) electrons. The number of halogens is 1. The fourth-order valence-electron chi connectivity index (χ4n) is 2.24. The molecule has 2 fully saturated rings. The predicted molar refractivity (Wildman–Crippen MR) is 66.7 cm³/mol. The number of hydrogen-bond donors (Lipinski definition) is 0. The minimum absolute atomic E-state index is 0.129.